The van der Waals surface area contributed by atoms with Gasteiger partial charge in [0.15, 0.2) is 0 Å². The van der Waals surface area contributed by atoms with Crippen LogP contribution in [0.2, 0.25) is 0 Å². The molecule has 98 valence electrons. The van der Waals surface area contributed by atoms with E-state index < -0.39 is 0 Å². The molecule has 4 rings (SSSR count). The van der Waals surface area contributed by atoms with Gasteiger partial charge in [0.25, 0.3) is 0 Å². The van der Waals surface area contributed by atoms with E-state index in [9.17, 15) is 0 Å². The molecular formula is C16H29N. The molecule has 4 aliphatic carbocycles. The van der Waals surface area contributed by atoms with Crippen LogP contribution in [0.25, 0.3) is 0 Å². The molecule has 0 heterocycles. The minimum absolute atomic E-state index is 0.737. The van der Waals surface area contributed by atoms with Gasteiger partial charge in [0, 0.05) is 6.54 Å². The Labute approximate surface area is 107 Å². The molecular weight excluding hydrogens is 206 g/mol. The summed E-state index contributed by atoms with van der Waals surface area (Å²) in [7, 11) is 0. The van der Waals surface area contributed by atoms with E-state index in [1.54, 1.807) is 38.5 Å². The third-order valence-corrected chi connectivity index (χ3v) is 5.62. The number of rotatable bonds is 6. The summed E-state index contributed by atoms with van der Waals surface area (Å²) in [4.78, 5) is 0. The summed E-state index contributed by atoms with van der Waals surface area (Å²) in [5.41, 5.74) is 0.737. The quantitative estimate of drug-likeness (QED) is 0.687. The van der Waals surface area contributed by atoms with Crippen LogP contribution in [-0.4, -0.2) is 13.1 Å². The van der Waals surface area contributed by atoms with Crippen molar-refractivity contribution in [2.75, 3.05) is 13.1 Å². The van der Waals surface area contributed by atoms with E-state index in [4.69, 9.17) is 0 Å². The van der Waals surface area contributed by atoms with E-state index in [0.29, 0.717) is 0 Å². The van der Waals surface area contributed by atoms with Crippen molar-refractivity contribution in [3.8, 4) is 0 Å². The number of nitrogens with one attached hydrogen (secondary N) is 1. The second kappa shape index (κ2) is 4.91. The van der Waals surface area contributed by atoms with Crippen molar-refractivity contribution in [3.63, 3.8) is 0 Å². The molecule has 1 N–H and O–H groups in total. The van der Waals surface area contributed by atoms with Crippen LogP contribution in [0, 0.1) is 23.2 Å². The van der Waals surface area contributed by atoms with Crippen LogP contribution in [0.3, 0.4) is 0 Å². The fourth-order valence-electron chi connectivity index (χ4n) is 5.36. The molecule has 0 aromatic rings. The molecule has 4 bridgehead atoms. The molecule has 0 aliphatic heterocycles. The van der Waals surface area contributed by atoms with Gasteiger partial charge in [-0.05, 0) is 74.7 Å². The summed E-state index contributed by atoms with van der Waals surface area (Å²) in [5.74, 6) is 3.33. The van der Waals surface area contributed by atoms with Gasteiger partial charge in [0.2, 0.25) is 0 Å². The maximum atomic E-state index is 3.78. The second-order valence-electron chi connectivity index (χ2n) is 7.30. The summed E-state index contributed by atoms with van der Waals surface area (Å²) < 4.78 is 0. The Hall–Kier alpha value is -0.0400. The summed E-state index contributed by atoms with van der Waals surface area (Å²) in [5, 5.41) is 3.78. The van der Waals surface area contributed by atoms with E-state index in [1.165, 1.54) is 32.4 Å². The SMILES string of the molecule is CCCCCNCC12CC3CC(CC(C3)C1)C2. The highest BCUT2D eigenvalue weighted by atomic mass is 14.9. The van der Waals surface area contributed by atoms with Crippen LogP contribution in [0.15, 0.2) is 0 Å². The lowest BCUT2D eigenvalue weighted by Gasteiger charge is -2.57. The molecule has 4 aliphatic rings. The van der Waals surface area contributed by atoms with E-state index >= 15 is 0 Å². The zero-order valence-corrected chi connectivity index (χ0v) is 11.5. The van der Waals surface area contributed by atoms with Crippen LogP contribution in [0.4, 0.5) is 0 Å². The number of unbranched alkanes of at least 4 members (excludes halogenated alkanes) is 2. The summed E-state index contributed by atoms with van der Waals surface area (Å²) in [6.45, 7) is 4.88. The highest BCUT2D eigenvalue weighted by Gasteiger charge is 2.50. The van der Waals surface area contributed by atoms with Crippen LogP contribution < -0.4 is 5.32 Å². The molecule has 0 radical (unpaired) electrons. The van der Waals surface area contributed by atoms with Crippen LogP contribution >= 0.6 is 0 Å². The Bertz CT molecular complexity index is 223. The first kappa shape index (κ1) is 12.0. The zero-order valence-electron chi connectivity index (χ0n) is 11.5. The molecule has 17 heavy (non-hydrogen) atoms. The lowest BCUT2D eigenvalue weighted by molar-refractivity contribution is -0.0512. The first-order valence-corrected chi connectivity index (χ1v) is 8.00. The molecule has 4 saturated carbocycles. The second-order valence-corrected chi connectivity index (χ2v) is 7.30. The highest BCUT2D eigenvalue weighted by molar-refractivity contribution is 5.02. The third-order valence-electron chi connectivity index (χ3n) is 5.62. The van der Waals surface area contributed by atoms with Gasteiger partial charge in [-0.3, -0.25) is 0 Å². The summed E-state index contributed by atoms with van der Waals surface area (Å²) in [6.07, 6.45) is 13.5. The van der Waals surface area contributed by atoms with E-state index in [-0.39, 0.29) is 0 Å². The van der Waals surface area contributed by atoms with Gasteiger partial charge in [0.1, 0.15) is 0 Å². The normalized spacial score (nSPS) is 43.2. The van der Waals surface area contributed by atoms with Crippen molar-refractivity contribution in [2.45, 2.75) is 64.7 Å². The fourth-order valence-corrected chi connectivity index (χ4v) is 5.36. The van der Waals surface area contributed by atoms with Gasteiger partial charge in [-0.1, -0.05) is 19.8 Å². The first-order valence-electron chi connectivity index (χ1n) is 8.00. The van der Waals surface area contributed by atoms with Gasteiger partial charge in [-0.15, -0.1) is 0 Å². The number of hydrogen-bond acceptors (Lipinski definition) is 1. The molecule has 0 amide bonds. The van der Waals surface area contributed by atoms with Gasteiger partial charge < -0.3 is 5.32 Å². The summed E-state index contributed by atoms with van der Waals surface area (Å²) >= 11 is 0. The average Bonchev–Trinajstić information content (AvgIpc) is 2.26. The molecule has 0 unspecified atom stereocenters. The third kappa shape index (κ3) is 2.54. The number of hydrogen-bond donors (Lipinski definition) is 1. The molecule has 0 aromatic heterocycles. The van der Waals surface area contributed by atoms with Crippen molar-refractivity contribution in [1.82, 2.24) is 5.32 Å². The topological polar surface area (TPSA) is 12.0 Å². The molecule has 0 saturated heterocycles. The minimum atomic E-state index is 0.737. The van der Waals surface area contributed by atoms with Crippen LogP contribution in [0.1, 0.15) is 64.7 Å². The first-order chi connectivity index (χ1) is 8.30. The van der Waals surface area contributed by atoms with Crippen LogP contribution in [-0.2, 0) is 0 Å². The van der Waals surface area contributed by atoms with Crippen molar-refractivity contribution < 1.29 is 0 Å². The largest absolute Gasteiger partial charge is 0.316 e. The predicted molar refractivity (Wildman–Crippen MR) is 73.0 cm³/mol. The Morgan fingerprint density at radius 2 is 1.53 bits per heavy atom. The van der Waals surface area contributed by atoms with E-state index in [0.717, 1.165) is 23.2 Å². The summed E-state index contributed by atoms with van der Waals surface area (Å²) in [6, 6.07) is 0. The monoisotopic (exact) mass is 235 g/mol. The van der Waals surface area contributed by atoms with Crippen LogP contribution in [0.5, 0.6) is 0 Å². The zero-order chi connectivity index (χ0) is 11.7. The molecule has 0 spiro atoms. The molecule has 4 fully saturated rings. The highest BCUT2D eigenvalue weighted by Crippen LogP contribution is 2.59. The Kier molecular flexibility index (Phi) is 3.47. The van der Waals surface area contributed by atoms with Gasteiger partial charge >= 0.3 is 0 Å². The predicted octanol–water partition coefficient (Wildman–Crippen LogP) is 3.98. The van der Waals surface area contributed by atoms with Crippen molar-refractivity contribution >= 4 is 0 Å². The molecule has 0 aromatic carbocycles. The molecule has 1 nitrogen and oxygen atoms in total. The molecule has 0 atom stereocenters. The fraction of sp³-hybridized carbons (Fsp3) is 1.00. The van der Waals surface area contributed by atoms with Crippen molar-refractivity contribution in [2.24, 2.45) is 23.2 Å². The Morgan fingerprint density at radius 1 is 0.941 bits per heavy atom. The van der Waals surface area contributed by atoms with Gasteiger partial charge in [0.05, 0.1) is 0 Å². The van der Waals surface area contributed by atoms with E-state index in [2.05, 4.69) is 12.2 Å². The van der Waals surface area contributed by atoms with Gasteiger partial charge in [-0.25, -0.2) is 0 Å². The maximum Gasteiger partial charge on any atom is 0.000811 e. The van der Waals surface area contributed by atoms with E-state index in [1.807, 2.05) is 0 Å². The van der Waals surface area contributed by atoms with Crippen molar-refractivity contribution in [3.05, 3.63) is 0 Å². The van der Waals surface area contributed by atoms with Gasteiger partial charge in [-0.2, -0.15) is 0 Å². The minimum Gasteiger partial charge on any atom is -0.316 e. The van der Waals surface area contributed by atoms with Crippen molar-refractivity contribution in [1.29, 1.82) is 0 Å². The smallest absolute Gasteiger partial charge is 0.000811 e. The lowest BCUT2D eigenvalue weighted by Crippen LogP contribution is -2.50. The Balaban J connectivity index is 1.49. The average molecular weight is 235 g/mol. The standard InChI is InChI=1S/C16H29N/c1-2-3-4-5-17-12-16-9-13-6-14(10-16)8-15(7-13)11-16/h13-15,17H,2-12H2,1H3. The Morgan fingerprint density at radius 3 is 2.06 bits per heavy atom. The molecule has 1 heteroatoms. The maximum absolute atomic E-state index is 3.78. The lowest BCUT2D eigenvalue weighted by atomic mass is 9.49.